The molecule has 4 rings (SSSR count). The summed E-state index contributed by atoms with van der Waals surface area (Å²) in [7, 11) is 1.87. The van der Waals surface area contributed by atoms with Crippen LogP contribution in [-0.4, -0.2) is 13.2 Å². The van der Waals surface area contributed by atoms with Crippen molar-refractivity contribution in [2.45, 2.75) is 70.3 Å². The standard InChI is InChI=1S/C30H34O/c1-3-4-23-5-7-24(8-6-23)9-10-25-11-13-26(14-12-25)27-15-17-28(18-16-27)29-19-21-30(31-2)22-20-29/h5-8,11-14,27-30H,15-22H2,1-2H3. The fourth-order valence-electron chi connectivity index (χ4n) is 5.48. The first-order valence-electron chi connectivity index (χ1n) is 11.9. The summed E-state index contributed by atoms with van der Waals surface area (Å²) in [5, 5.41) is 0. The molecule has 0 bridgehead atoms. The first-order valence-corrected chi connectivity index (χ1v) is 11.9. The topological polar surface area (TPSA) is 9.23 Å². The lowest BCUT2D eigenvalue weighted by molar-refractivity contribution is 0.0410. The Kier molecular flexibility index (Phi) is 7.51. The number of hydrogen-bond acceptors (Lipinski definition) is 1. The monoisotopic (exact) mass is 410 g/mol. The van der Waals surface area contributed by atoms with Crippen molar-refractivity contribution in [3.05, 3.63) is 70.8 Å². The van der Waals surface area contributed by atoms with Gasteiger partial charge in [0.15, 0.2) is 0 Å². The highest BCUT2D eigenvalue weighted by molar-refractivity contribution is 5.46. The van der Waals surface area contributed by atoms with Gasteiger partial charge >= 0.3 is 0 Å². The number of hydrogen-bond donors (Lipinski definition) is 0. The van der Waals surface area contributed by atoms with Crippen molar-refractivity contribution >= 4 is 0 Å². The van der Waals surface area contributed by atoms with Crippen molar-refractivity contribution in [2.24, 2.45) is 11.8 Å². The third-order valence-corrected chi connectivity index (χ3v) is 7.38. The van der Waals surface area contributed by atoms with Crippen molar-refractivity contribution in [1.29, 1.82) is 0 Å². The summed E-state index contributed by atoms with van der Waals surface area (Å²) in [6.45, 7) is 1.86. The molecule has 2 aliphatic carbocycles. The average molecular weight is 411 g/mol. The van der Waals surface area contributed by atoms with Crippen molar-refractivity contribution in [2.75, 3.05) is 7.11 Å². The fraction of sp³-hybridized carbons (Fsp3) is 0.467. The van der Waals surface area contributed by atoms with Gasteiger partial charge in [0.2, 0.25) is 0 Å². The number of benzene rings is 2. The molecule has 0 radical (unpaired) electrons. The maximum Gasteiger partial charge on any atom is 0.0571 e. The molecule has 0 amide bonds. The molecule has 2 fully saturated rings. The highest BCUT2D eigenvalue weighted by Gasteiger charge is 2.31. The third-order valence-electron chi connectivity index (χ3n) is 7.38. The third kappa shape index (κ3) is 5.81. The molecule has 2 aliphatic rings. The molecule has 2 aromatic rings. The van der Waals surface area contributed by atoms with Gasteiger partial charge in [-0.25, -0.2) is 0 Å². The largest absolute Gasteiger partial charge is 0.381 e. The van der Waals surface area contributed by atoms with Gasteiger partial charge in [0, 0.05) is 23.8 Å². The summed E-state index contributed by atoms with van der Waals surface area (Å²) in [5.74, 6) is 15.2. The van der Waals surface area contributed by atoms with Gasteiger partial charge in [0.1, 0.15) is 0 Å². The molecule has 0 aromatic heterocycles. The molecular weight excluding hydrogens is 376 g/mol. The van der Waals surface area contributed by atoms with Crippen LogP contribution < -0.4 is 0 Å². The van der Waals surface area contributed by atoms with Gasteiger partial charge in [0.25, 0.3) is 0 Å². The summed E-state index contributed by atoms with van der Waals surface area (Å²) in [6.07, 6.45) is 11.3. The molecule has 2 saturated carbocycles. The van der Waals surface area contributed by atoms with Crippen LogP contribution in [0.5, 0.6) is 0 Å². The first-order chi connectivity index (χ1) is 15.2. The summed E-state index contributed by atoms with van der Waals surface area (Å²) in [6, 6.07) is 17.1. The van der Waals surface area contributed by atoms with Gasteiger partial charge in [0.05, 0.1) is 6.10 Å². The zero-order valence-electron chi connectivity index (χ0n) is 19.0. The van der Waals surface area contributed by atoms with Crippen LogP contribution in [0, 0.1) is 35.5 Å². The molecule has 31 heavy (non-hydrogen) atoms. The van der Waals surface area contributed by atoms with E-state index in [1.165, 1.54) is 56.9 Å². The molecule has 160 valence electrons. The maximum atomic E-state index is 5.55. The van der Waals surface area contributed by atoms with E-state index in [0.29, 0.717) is 6.10 Å². The molecule has 0 N–H and O–H groups in total. The molecule has 1 nitrogen and oxygen atoms in total. The van der Waals surface area contributed by atoms with E-state index in [4.69, 9.17) is 4.74 Å². The van der Waals surface area contributed by atoms with Gasteiger partial charge in [-0.2, -0.15) is 0 Å². The Hall–Kier alpha value is -2.48. The Morgan fingerprint density at radius 1 is 0.613 bits per heavy atom. The molecule has 0 saturated heterocycles. The zero-order valence-corrected chi connectivity index (χ0v) is 19.0. The first kappa shape index (κ1) is 21.7. The van der Waals surface area contributed by atoms with Crippen LogP contribution >= 0.6 is 0 Å². The molecule has 0 aliphatic heterocycles. The molecule has 0 atom stereocenters. The second-order valence-corrected chi connectivity index (χ2v) is 9.21. The Bertz CT molecular complexity index is 946. The van der Waals surface area contributed by atoms with Gasteiger partial charge in [-0.15, -0.1) is 5.92 Å². The van der Waals surface area contributed by atoms with E-state index < -0.39 is 0 Å². The lowest BCUT2D eigenvalue weighted by atomic mass is 9.69. The summed E-state index contributed by atoms with van der Waals surface area (Å²) in [4.78, 5) is 0. The van der Waals surface area contributed by atoms with Gasteiger partial charge in [-0.05, 0) is 118 Å². The van der Waals surface area contributed by atoms with Crippen molar-refractivity contribution in [3.63, 3.8) is 0 Å². The highest BCUT2D eigenvalue weighted by Crippen LogP contribution is 2.43. The smallest absolute Gasteiger partial charge is 0.0571 e. The zero-order chi connectivity index (χ0) is 21.5. The van der Waals surface area contributed by atoms with Crippen molar-refractivity contribution < 1.29 is 4.74 Å². The Labute approximate surface area is 188 Å². The SMILES string of the molecule is CC#Cc1ccc(C#Cc2ccc(C3CCC(C4CCC(OC)CC4)CC3)cc2)cc1. The van der Waals surface area contributed by atoms with Crippen LogP contribution in [0.25, 0.3) is 0 Å². The highest BCUT2D eigenvalue weighted by atomic mass is 16.5. The van der Waals surface area contributed by atoms with E-state index in [-0.39, 0.29) is 0 Å². The van der Waals surface area contributed by atoms with Gasteiger partial charge < -0.3 is 4.74 Å². The van der Waals surface area contributed by atoms with E-state index in [0.717, 1.165) is 34.4 Å². The second kappa shape index (κ2) is 10.7. The Balaban J connectivity index is 1.29. The normalized spacial score (nSPS) is 25.6. The molecular formula is C30H34O. The Morgan fingerprint density at radius 3 is 1.55 bits per heavy atom. The van der Waals surface area contributed by atoms with Crippen LogP contribution in [0.2, 0.25) is 0 Å². The second-order valence-electron chi connectivity index (χ2n) is 9.21. The predicted octanol–water partition coefficient (Wildman–Crippen LogP) is 6.94. The van der Waals surface area contributed by atoms with E-state index in [1.807, 2.05) is 38.3 Å². The van der Waals surface area contributed by atoms with Crippen LogP contribution in [-0.2, 0) is 4.74 Å². The van der Waals surface area contributed by atoms with Crippen molar-refractivity contribution in [3.8, 4) is 23.7 Å². The molecule has 0 unspecified atom stereocenters. The number of rotatable bonds is 3. The minimum Gasteiger partial charge on any atom is -0.381 e. The molecule has 0 spiro atoms. The average Bonchev–Trinajstić information content (AvgIpc) is 2.84. The predicted molar refractivity (Wildman–Crippen MR) is 129 cm³/mol. The molecule has 1 heteroatoms. The minimum atomic E-state index is 0.518. The lowest BCUT2D eigenvalue weighted by Gasteiger charge is -2.37. The van der Waals surface area contributed by atoms with Gasteiger partial charge in [-0.1, -0.05) is 29.9 Å². The quantitative estimate of drug-likeness (QED) is 0.498. The van der Waals surface area contributed by atoms with Crippen molar-refractivity contribution in [1.82, 2.24) is 0 Å². The number of methoxy groups -OCH3 is 1. The number of ether oxygens (including phenoxy) is 1. The molecule has 0 heterocycles. The maximum absolute atomic E-state index is 5.55. The van der Waals surface area contributed by atoms with Crippen LogP contribution in [0.3, 0.4) is 0 Å². The van der Waals surface area contributed by atoms with Crippen LogP contribution in [0.4, 0.5) is 0 Å². The minimum absolute atomic E-state index is 0.518. The van der Waals surface area contributed by atoms with E-state index in [2.05, 4.69) is 47.9 Å². The van der Waals surface area contributed by atoms with E-state index >= 15 is 0 Å². The van der Waals surface area contributed by atoms with Crippen LogP contribution in [0.15, 0.2) is 48.5 Å². The lowest BCUT2D eigenvalue weighted by Crippen LogP contribution is -2.27. The summed E-state index contributed by atoms with van der Waals surface area (Å²) < 4.78 is 5.55. The van der Waals surface area contributed by atoms with E-state index in [9.17, 15) is 0 Å². The summed E-state index contributed by atoms with van der Waals surface area (Å²) in [5.41, 5.74) is 4.65. The summed E-state index contributed by atoms with van der Waals surface area (Å²) >= 11 is 0. The van der Waals surface area contributed by atoms with E-state index in [1.54, 1.807) is 0 Å². The molecule has 2 aromatic carbocycles. The van der Waals surface area contributed by atoms with Gasteiger partial charge in [-0.3, -0.25) is 0 Å². The Morgan fingerprint density at radius 2 is 1.06 bits per heavy atom. The fourth-order valence-corrected chi connectivity index (χ4v) is 5.48. The van der Waals surface area contributed by atoms with Crippen LogP contribution in [0.1, 0.15) is 86.5 Å².